The number of hydrogen-bond acceptors (Lipinski definition) is 3. The molecular formula is C22H18Cl2F3N3O2. The van der Waals surface area contributed by atoms with Gasteiger partial charge in [0.05, 0.1) is 17.3 Å². The predicted octanol–water partition coefficient (Wildman–Crippen LogP) is 5.70. The first-order chi connectivity index (χ1) is 14.9. The maximum Gasteiger partial charge on any atom is 0.418 e. The van der Waals surface area contributed by atoms with E-state index in [0.29, 0.717) is 15.6 Å². The molecule has 0 fully saturated rings. The number of carbonyl (C=O) groups is 1. The molecule has 2 aromatic carbocycles. The van der Waals surface area contributed by atoms with Crippen molar-refractivity contribution in [2.45, 2.75) is 26.1 Å². The third kappa shape index (κ3) is 4.66. The summed E-state index contributed by atoms with van der Waals surface area (Å²) in [7, 11) is 1.45. The molecule has 3 aromatic rings. The van der Waals surface area contributed by atoms with E-state index in [-0.39, 0.29) is 11.4 Å². The number of aryl methyl sites for hydroxylation is 1. The van der Waals surface area contributed by atoms with Gasteiger partial charge in [0.1, 0.15) is 0 Å². The summed E-state index contributed by atoms with van der Waals surface area (Å²) in [4.78, 5) is 26.9. The van der Waals surface area contributed by atoms with Crippen LogP contribution in [0.2, 0.25) is 10.0 Å². The number of para-hydroxylation sites is 1. The first-order valence-electron chi connectivity index (χ1n) is 9.41. The van der Waals surface area contributed by atoms with Gasteiger partial charge in [0, 0.05) is 28.9 Å². The van der Waals surface area contributed by atoms with Gasteiger partial charge in [0.15, 0.2) is 5.69 Å². The summed E-state index contributed by atoms with van der Waals surface area (Å²) in [5.41, 5.74) is -1.70. The highest BCUT2D eigenvalue weighted by Crippen LogP contribution is 2.34. The second-order valence-corrected chi connectivity index (χ2v) is 8.03. The van der Waals surface area contributed by atoms with Crippen LogP contribution < -0.4 is 5.43 Å². The lowest BCUT2D eigenvalue weighted by Crippen LogP contribution is -2.35. The minimum Gasteiger partial charge on any atom is -0.333 e. The second kappa shape index (κ2) is 8.96. The molecule has 0 aliphatic carbocycles. The molecule has 0 N–H and O–H groups in total. The zero-order valence-corrected chi connectivity index (χ0v) is 18.8. The number of benzene rings is 2. The highest BCUT2D eigenvalue weighted by atomic mass is 35.5. The van der Waals surface area contributed by atoms with E-state index in [9.17, 15) is 22.8 Å². The van der Waals surface area contributed by atoms with Crippen molar-refractivity contribution in [3.05, 3.63) is 91.3 Å². The van der Waals surface area contributed by atoms with Crippen molar-refractivity contribution in [3.8, 4) is 5.69 Å². The molecule has 32 heavy (non-hydrogen) atoms. The quantitative estimate of drug-likeness (QED) is 0.478. The van der Waals surface area contributed by atoms with Crippen LogP contribution in [0.1, 0.15) is 40.3 Å². The molecule has 10 heteroatoms. The van der Waals surface area contributed by atoms with E-state index in [1.807, 2.05) is 0 Å². The Hall–Kier alpha value is -2.84. The van der Waals surface area contributed by atoms with Crippen molar-refractivity contribution >= 4 is 29.1 Å². The van der Waals surface area contributed by atoms with Gasteiger partial charge in [0.25, 0.3) is 5.91 Å². The summed E-state index contributed by atoms with van der Waals surface area (Å²) in [6, 6.07) is 10.1. The van der Waals surface area contributed by atoms with Gasteiger partial charge in [-0.25, -0.2) is 4.68 Å². The van der Waals surface area contributed by atoms with Gasteiger partial charge in [-0.05, 0) is 43.7 Å². The van der Waals surface area contributed by atoms with Gasteiger partial charge >= 0.3 is 6.18 Å². The maximum atomic E-state index is 13.5. The van der Waals surface area contributed by atoms with Crippen molar-refractivity contribution in [3.63, 3.8) is 0 Å². The van der Waals surface area contributed by atoms with Crippen molar-refractivity contribution in [2.75, 3.05) is 7.05 Å². The van der Waals surface area contributed by atoms with Crippen molar-refractivity contribution in [2.24, 2.45) is 0 Å². The van der Waals surface area contributed by atoms with Crippen LogP contribution in [0, 0.1) is 6.92 Å². The predicted molar refractivity (Wildman–Crippen MR) is 117 cm³/mol. The number of amides is 1. The number of alkyl halides is 3. The molecule has 0 bridgehead atoms. The number of nitrogens with zero attached hydrogens (tertiary/aromatic N) is 3. The fourth-order valence-electron chi connectivity index (χ4n) is 3.23. The third-order valence-electron chi connectivity index (χ3n) is 5.06. The molecule has 3 rings (SSSR count). The van der Waals surface area contributed by atoms with Gasteiger partial charge in [-0.15, -0.1) is 0 Å². The monoisotopic (exact) mass is 483 g/mol. The van der Waals surface area contributed by atoms with Crippen molar-refractivity contribution in [1.82, 2.24) is 14.7 Å². The van der Waals surface area contributed by atoms with Gasteiger partial charge in [-0.1, -0.05) is 41.4 Å². The number of carbonyl (C=O) groups excluding carboxylic acids is 1. The molecular weight excluding hydrogens is 466 g/mol. The van der Waals surface area contributed by atoms with E-state index in [2.05, 4.69) is 5.10 Å². The lowest BCUT2D eigenvalue weighted by Gasteiger charge is -2.26. The van der Waals surface area contributed by atoms with Crippen LogP contribution in [0.4, 0.5) is 13.2 Å². The molecule has 1 atom stereocenters. The Morgan fingerprint density at radius 1 is 1.12 bits per heavy atom. The molecule has 1 aromatic heterocycles. The molecule has 1 unspecified atom stereocenters. The Bertz CT molecular complexity index is 1240. The van der Waals surface area contributed by atoms with E-state index >= 15 is 0 Å². The van der Waals surface area contributed by atoms with E-state index in [1.54, 1.807) is 19.1 Å². The summed E-state index contributed by atoms with van der Waals surface area (Å²) in [6.45, 7) is 3.13. The van der Waals surface area contributed by atoms with Crippen LogP contribution >= 0.6 is 23.2 Å². The molecule has 5 nitrogen and oxygen atoms in total. The average Bonchev–Trinajstić information content (AvgIpc) is 2.72. The van der Waals surface area contributed by atoms with Crippen molar-refractivity contribution < 1.29 is 18.0 Å². The second-order valence-electron chi connectivity index (χ2n) is 7.18. The molecule has 0 aliphatic rings. The van der Waals surface area contributed by atoms with Crippen LogP contribution in [0.3, 0.4) is 0 Å². The Labute approximate surface area is 192 Å². The molecule has 0 saturated heterocycles. The lowest BCUT2D eigenvalue weighted by molar-refractivity contribution is -0.137. The number of hydrogen-bond donors (Lipinski definition) is 0. The van der Waals surface area contributed by atoms with Crippen LogP contribution in [0.5, 0.6) is 0 Å². The summed E-state index contributed by atoms with van der Waals surface area (Å²) in [5.74, 6) is -0.758. The minimum atomic E-state index is -4.64. The van der Waals surface area contributed by atoms with Crippen LogP contribution in [-0.4, -0.2) is 27.6 Å². The summed E-state index contributed by atoms with van der Waals surface area (Å²) in [6.07, 6.45) is -4.64. The largest absolute Gasteiger partial charge is 0.418 e. The standard InChI is InChI=1S/C22H18Cl2F3N3O2/c1-12-10-19(31)20(28-30(12)18-7-5-4-6-16(18)22(25,26)27)21(32)29(3)13(2)15-9-8-14(23)11-17(15)24/h4-11,13H,1-3H3. The molecule has 0 spiro atoms. The first-order valence-corrected chi connectivity index (χ1v) is 10.2. The van der Waals surface area contributed by atoms with Crippen LogP contribution in [0.15, 0.2) is 53.3 Å². The number of rotatable bonds is 4. The molecule has 1 heterocycles. The van der Waals surface area contributed by atoms with Gasteiger partial charge in [-0.2, -0.15) is 18.3 Å². The molecule has 1 amide bonds. The zero-order chi connectivity index (χ0) is 23.8. The van der Waals surface area contributed by atoms with Gasteiger partial charge in [-0.3, -0.25) is 9.59 Å². The maximum absolute atomic E-state index is 13.5. The molecule has 0 aliphatic heterocycles. The lowest BCUT2D eigenvalue weighted by atomic mass is 10.1. The zero-order valence-electron chi connectivity index (χ0n) is 17.2. The fourth-order valence-corrected chi connectivity index (χ4v) is 3.80. The highest BCUT2D eigenvalue weighted by molar-refractivity contribution is 6.35. The Morgan fingerprint density at radius 2 is 1.78 bits per heavy atom. The first kappa shape index (κ1) is 23.8. The Kier molecular flexibility index (Phi) is 6.67. The van der Waals surface area contributed by atoms with Crippen LogP contribution in [-0.2, 0) is 6.18 Å². The van der Waals surface area contributed by atoms with Gasteiger partial charge < -0.3 is 4.90 Å². The van der Waals surface area contributed by atoms with E-state index < -0.39 is 34.8 Å². The average molecular weight is 484 g/mol. The van der Waals surface area contributed by atoms with E-state index in [0.717, 1.165) is 16.8 Å². The minimum absolute atomic E-state index is 0.152. The summed E-state index contributed by atoms with van der Waals surface area (Å²) >= 11 is 12.1. The van der Waals surface area contributed by atoms with E-state index in [4.69, 9.17) is 23.2 Å². The van der Waals surface area contributed by atoms with Crippen molar-refractivity contribution in [1.29, 1.82) is 0 Å². The van der Waals surface area contributed by atoms with Crippen LogP contribution in [0.25, 0.3) is 5.69 Å². The topological polar surface area (TPSA) is 55.2 Å². The molecule has 0 saturated carbocycles. The van der Waals surface area contributed by atoms with Gasteiger partial charge in [0.2, 0.25) is 5.43 Å². The summed E-state index contributed by atoms with van der Waals surface area (Å²) in [5, 5.41) is 4.76. The number of halogens is 5. The Balaban J connectivity index is 2.06. The molecule has 168 valence electrons. The third-order valence-corrected chi connectivity index (χ3v) is 5.62. The smallest absolute Gasteiger partial charge is 0.333 e. The highest BCUT2D eigenvalue weighted by Gasteiger charge is 2.34. The normalized spacial score (nSPS) is 12.5. The molecule has 0 radical (unpaired) electrons. The number of aromatic nitrogens is 2. The Morgan fingerprint density at radius 3 is 2.41 bits per heavy atom. The SMILES string of the molecule is Cc1cc(=O)c(C(=O)N(C)C(C)c2ccc(Cl)cc2Cl)nn1-c1ccccc1C(F)(F)F. The summed E-state index contributed by atoms with van der Waals surface area (Å²) < 4.78 is 41.4. The fraction of sp³-hybridized carbons (Fsp3) is 0.227. The van der Waals surface area contributed by atoms with E-state index in [1.165, 1.54) is 43.1 Å².